The molecule has 4 amide bonds. The molecule has 1 aromatic rings. The predicted octanol–water partition coefficient (Wildman–Crippen LogP) is -2.68. The van der Waals surface area contributed by atoms with Crippen LogP contribution in [-0.4, -0.2) is 75.7 Å². The van der Waals surface area contributed by atoms with Crippen molar-refractivity contribution in [1.82, 2.24) is 16.0 Å². The molecule has 0 saturated carbocycles. The first-order valence-corrected chi connectivity index (χ1v) is 10.4. The number of hydrogen-bond donors (Lipinski definition) is 8. The molecule has 0 bridgehead atoms. The number of hydrogen-bond acceptors (Lipinski definition) is 8. The van der Waals surface area contributed by atoms with Gasteiger partial charge in [-0.2, -0.15) is 0 Å². The Morgan fingerprint density at radius 1 is 0.912 bits per heavy atom. The summed E-state index contributed by atoms with van der Waals surface area (Å²) in [4.78, 5) is 60.1. The zero-order valence-electron chi connectivity index (χ0n) is 18.9. The van der Waals surface area contributed by atoms with Crippen LogP contribution in [0, 0.1) is 5.92 Å². The van der Waals surface area contributed by atoms with E-state index in [-0.39, 0.29) is 12.2 Å². The Kier molecular flexibility index (Phi) is 10.9. The van der Waals surface area contributed by atoms with Gasteiger partial charge in [-0.15, -0.1) is 0 Å². The first kappa shape index (κ1) is 28.3. The van der Waals surface area contributed by atoms with Crippen LogP contribution in [0.1, 0.15) is 25.8 Å². The van der Waals surface area contributed by atoms with E-state index < -0.39 is 72.7 Å². The first-order chi connectivity index (χ1) is 15.8. The summed E-state index contributed by atoms with van der Waals surface area (Å²) < 4.78 is 0. The van der Waals surface area contributed by atoms with Gasteiger partial charge in [0.1, 0.15) is 23.9 Å². The second-order valence-electron chi connectivity index (χ2n) is 8.02. The predicted molar refractivity (Wildman–Crippen MR) is 119 cm³/mol. The van der Waals surface area contributed by atoms with Crippen molar-refractivity contribution in [2.24, 2.45) is 17.4 Å². The average Bonchev–Trinajstić information content (AvgIpc) is 2.75. The van der Waals surface area contributed by atoms with E-state index in [9.17, 15) is 39.3 Å². The number of carbonyl (C=O) groups excluding carboxylic acids is 4. The van der Waals surface area contributed by atoms with Crippen LogP contribution >= 0.6 is 0 Å². The van der Waals surface area contributed by atoms with E-state index >= 15 is 0 Å². The number of carbonyl (C=O) groups is 5. The van der Waals surface area contributed by atoms with Crippen molar-refractivity contribution in [2.45, 2.75) is 50.9 Å². The van der Waals surface area contributed by atoms with Crippen molar-refractivity contribution in [2.75, 3.05) is 6.61 Å². The van der Waals surface area contributed by atoms with Gasteiger partial charge in [0.05, 0.1) is 19.1 Å². The van der Waals surface area contributed by atoms with Crippen LogP contribution in [-0.2, 0) is 30.4 Å². The molecule has 0 aliphatic carbocycles. The van der Waals surface area contributed by atoms with Gasteiger partial charge in [-0.3, -0.25) is 19.2 Å². The molecule has 13 nitrogen and oxygen atoms in total. The van der Waals surface area contributed by atoms with E-state index in [0.29, 0.717) is 5.56 Å². The Hall–Kier alpha value is -3.71. The maximum atomic E-state index is 12.9. The molecule has 34 heavy (non-hydrogen) atoms. The van der Waals surface area contributed by atoms with E-state index in [0.717, 1.165) is 0 Å². The van der Waals surface area contributed by atoms with Crippen LogP contribution in [0.5, 0.6) is 5.75 Å². The standard InChI is InChI=1S/C21H31N5O8/c1-10(2)17(21(33)34)26-20(32)15(9-27)25-19(31)14(7-11-3-5-12(28)6-4-11)24-18(30)13(22)8-16(23)29/h3-6,10,13-15,17,27-28H,7-9,22H2,1-2H3,(H2,23,29)(H,24,30)(H,25,31)(H,26,32)(H,33,34). The van der Waals surface area contributed by atoms with Gasteiger partial charge in [-0.05, 0) is 23.6 Å². The van der Waals surface area contributed by atoms with Gasteiger partial charge in [-0.25, -0.2) is 4.79 Å². The van der Waals surface area contributed by atoms with Crippen molar-refractivity contribution < 1.29 is 39.3 Å². The Bertz CT molecular complexity index is 890. The number of primary amides is 1. The highest BCUT2D eigenvalue weighted by molar-refractivity contribution is 5.95. The Balaban J connectivity index is 3.03. The summed E-state index contributed by atoms with van der Waals surface area (Å²) in [6.07, 6.45) is -0.558. The zero-order valence-corrected chi connectivity index (χ0v) is 18.9. The first-order valence-electron chi connectivity index (χ1n) is 10.4. The number of carboxylic acids is 1. The molecule has 0 aliphatic rings. The highest BCUT2D eigenvalue weighted by Gasteiger charge is 2.31. The largest absolute Gasteiger partial charge is 0.508 e. The van der Waals surface area contributed by atoms with Crippen molar-refractivity contribution >= 4 is 29.6 Å². The quantitative estimate of drug-likeness (QED) is 0.146. The topological polar surface area (TPSA) is 234 Å². The molecule has 1 rings (SSSR count). The lowest BCUT2D eigenvalue weighted by atomic mass is 10.0. The number of nitrogens with two attached hydrogens (primary N) is 2. The highest BCUT2D eigenvalue weighted by atomic mass is 16.4. The monoisotopic (exact) mass is 481 g/mol. The molecule has 10 N–H and O–H groups in total. The van der Waals surface area contributed by atoms with Crippen molar-refractivity contribution in [3.8, 4) is 5.75 Å². The van der Waals surface area contributed by atoms with Gasteiger partial charge >= 0.3 is 5.97 Å². The summed E-state index contributed by atoms with van der Waals surface area (Å²) in [5.41, 5.74) is 11.2. The van der Waals surface area contributed by atoms with E-state index in [1.165, 1.54) is 24.3 Å². The molecule has 0 fully saturated rings. The number of phenols is 1. The summed E-state index contributed by atoms with van der Waals surface area (Å²) in [5, 5.41) is 35.2. The number of aliphatic hydroxyl groups is 1. The van der Waals surface area contributed by atoms with E-state index in [4.69, 9.17) is 11.5 Å². The smallest absolute Gasteiger partial charge is 0.326 e. The number of amides is 4. The Morgan fingerprint density at radius 2 is 1.44 bits per heavy atom. The third-order valence-electron chi connectivity index (χ3n) is 4.81. The molecule has 0 aliphatic heterocycles. The Labute approximate surface area is 195 Å². The minimum atomic E-state index is -1.51. The van der Waals surface area contributed by atoms with Crippen molar-refractivity contribution in [3.05, 3.63) is 29.8 Å². The van der Waals surface area contributed by atoms with Gasteiger partial charge in [0.15, 0.2) is 0 Å². The van der Waals surface area contributed by atoms with Crippen LogP contribution < -0.4 is 27.4 Å². The molecule has 0 radical (unpaired) electrons. The van der Waals surface area contributed by atoms with Gasteiger partial charge in [0, 0.05) is 6.42 Å². The maximum absolute atomic E-state index is 12.9. The summed E-state index contributed by atoms with van der Waals surface area (Å²) in [6.45, 7) is 2.30. The lowest BCUT2D eigenvalue weighted by Crippen LogP contribution is -2.59. The average molecular weight is 482 g/mol. The summed E-state index contributed by atoms with van der Waals surface area (Å²) in [5.74, 6) is -5.26. The third kappa shape index (κ3) is 9.03. The number of benzene rings is 1. The van der Waals surface area contributed by atoms with Crippen LogP contribution in [0.4, 0.5) is 0 Å². The number of aliphatic hydroxyl groups excluding tert-OH is 1. The summed E-state index contributed by atoms with van der Waals surface area (Å²) >= 11 is 0. The molecule has 0 aromatic heterocycles. The molecule has 4 atom stereocenters. The minimum Gasteiger partial charge on any atom is -0.508 e. The number of nitrogens with one attached hydrogen (secondary N) is 3. The number of aromatic hydroxyl groups is 1. The summed E-state index contributed by atoms with van der Waals surface area (Å²) in [6, 6.07) is 0.359. The van der Waals surface area contributed by atoms with E-state index in [1.807, 2.05) is 0 Å². The van der Waals surface area contributed by atoms with Crippen molar-refractivity contribution in [3.63, 3.8) is 0 Å². The van der Waals surface area contributed by atoms with Crippen LogP contribution in [0.25, 0.3) is 0 Å². The molecule has 188 valence electrons. The fourth-order valence-electron chi connectivity index (χ4n) is 2.90. The zero-order chi connectivity index (χ0) is 26.0. The molecular weight excluding hydrogens is 450 g/mol. The second kappa shape index (κ2) is 13.1. The lowest BCUT2D eigenvalue weighted by Gasteiger charge is -2.25. The second-order valence-corrected chi connectivity index (χ2v) is 8.02. The SMILES string of the molecule is CC(C)C(NC(=O)C(CO)NC(=O)C(Cc1ccc(O)cc1)NC(=O)C(N)CC(N)=O)C(=O)O. The molecule has 0 heterocycles. The van der Waals surface area contributed by atoms with Crippen LogP contribution in [0.15, 0.2) is 24.3 Å². The number of rotatable bonds is 13. The molecule has 0 saturated heterocycles. The molecule has 13 heteroatoms. The maximum Gasteiger partial charge on any atom is 0.326 e. The fourth-order valence-corrected chi connectivity index (χ4v) is 2.90. The van der Waals surface area contributed by atoms with Gasteiger partial charge in [0.25, 0.3) is 0 Å². The Morgan fingerprint density at radius 3 is 1.91 bits per heavy atom. The molecule has 1 aromatic carbocycles. The fraction of sp³-hybridized carbons (Fsp3) is 0.476. The van der Waals surface area contributed by atoms with E-state index in [1.54, 1.807) is 13.8 Å². The van der Waals surface area contributed by atoms with Crippen LogP contribution in [0.3, 0.4) is 0 Å². The van der Waals surface area contributed by atoms with Gasteiger partial charge in [0.2, 0.25) is 23.6 Å². The third-order valence-corrected chi connectivity index (χ3v) is 4.81. The molecule has 0 spiro atoms. The highest BCUT2D eigenvalue weighted by Crippen LogP contribution is 2.12. The number of carboxylic acid groups (broad SMARTS) is 1. The van der Waals surface area contributed by atoms with Gasteiger partial charge in [-0.1, -0.05) is 26.0 Å². The van der Waals surface area contributed by atoms with Crippen LogP contribution in [0.2, 0.25) is 0 Å². The normalized spacial score (nSPS) is 14.4. The van der Waals surface area contributed by atoms with Crippen molar-refractivity contribution in [1.29, 1.82) is 0 Å². The van der Waals surface area contributed by atoms with Gasteiger partial charge < -0.3 is 42.7 Å². The van der Waals surface area contributed by atoms with E-state index in [2.05, 4.69) is 16.0 Å². The lowest BCUT2D eigenvalue weighted by molar-refractivity contribution is -0.143. The molecular formula is C21H31N5O8. The molecule has 4 unspecified atom stereocenters. The number of phenolic OH excluding ortho intramolecular Hbond substituents is 1. The minimum absolute atomic E-state index is 0.0209. The number of aliphatic carboxylic acids is 1. The summed E-state index contributed by atoms with van der Waals surface area (Å²) in [7, 11) is 0.